The van der Waals surface area contributed by atoms with Gasteiger partial charge in [-0.2, -0.15) is 0 Å². The Morgan fingerprint density at radius 3 is 2.47 bits per heavy atom. The summed E-state index contributed by atoms with van der Waals surface area (Å²) in [7, 11) is 1.60. The summed E-state index contributed by atoms with van der Waals surface area (Å²) in [5.41, 5.74) is 1.84. The van der Waals surface area contributed by atoms with Crippen LogP contribution in [0.3, 0.4) is 0 Å². The number of hydrogen-bond donors (Lipinski definition) is 1. The molecule has 0 unspecified atom stereocenters. The Labute approximate surface area is 192 Å². The molecule has 0 aliphatic rings. The van der Waals surface area contributed by atoms with Crippen LogP contribution in [0.25, 0.3) is 0 Å². The third kappa shape index (κ3) is 7.11. The number of nitrogens with zero attached hydrogens (tertiary/aromatic N) is 1. The van der Waals surface area contributed by atoms with Crippen LogP contribution in [0.15, 0.2) is 42.5 Å². The Morgan fingerprint density at radius 2 is 1.87 bits per heavy atom. The van der Waals surface area contributed by atoms with E-state index >= 15 is 0 Å². The first-order valence-electron chi connectivity index (χ1n) is 9.57. The molecule has 5 nitrogen and oxygen atoms in total. The van der Waals surface area contributed by atoms with Crippen molar-refractivity contribution in [2.45, 2.75) is 32.2 Å². The number of carbonyl (C=O) groups is 2. The predicted molar refractivity (Wildman–Crippen MR) is 124 cm³/mol. The number of hydrogen-bond acceptors (Lipinski definition) is 4. The van der Waals surface area contributed by atoms with Gasteiger partial charge in [0.2, 0.25) is 11.8 Å². The monoisotopic (exact) mass is 468 g/mol. The molecule has 0 fully saturated rings. The minimum absolute atomic E-state index is 0.111. The van der Waals surface area contributed by atoms with Crippen molar-refractivity contribution in [2.24, 2.45) is 0 Å². The van der Waals surface area contributed by atoms with Crippen LogP contribution in [-0.2, 0) is 21.9 Å². The van der Waals surface area contributed by atoms with E-state index in [0.717, 1.165) is 16.9 Å². The summed E-state index contributed by atoms with van der Waals surface area (Å²) in [6.07, 6.45) is 0. The van der Waals surface area contributed by atoms with Crippen molar-refractivity contribution in [2.75, 3.05) is 19.4 Å². The summed E-state index contributed by atoms with van der Waals surface area (Å²) >= 11 is 13.6. The SMILES string of the molecule is CCNC(=O)[C@@H](C)N(Cc1ccc(OC)cc1)C(=O)CSCc1ccc(Cl)cc1Cl. The maximum atomic E-state index is 13.0. The maximum absolute atomic E-state index is 13.0. The number of benzene rings is 2. The van der Waals surface area contributed by atoms with E-state index in [9.17, 15) is 9.59 Å². The summed E-state index contributed by atoms with van der Waals surface area (Å²) in [5, 5.41) is 3.94. The number of nitrogens with one attached hydrogen (secondary N) is 1. The Hall–Kier alpha value is -1.89. The van der Waals surface area contributed by atoms with Crippen molar-refractivity contribution in [1.82, 2.24) is 10.2 Å². The Balaban J connectivity index is 2.07. The van der Waals surface area contributed by atoms with E-state index in [-0.39, 0.29) is 17.6 Å². The average Bonchev–Trinajstić information content (AvgIpc) is 2.73. The zero-order chi connectivity index (χ0) is 22.1. The number of likely N-dealkylation sites (N-methyl/N-ethyl adjacent to an activating group) is 1. The topological polar surface area (TPSA) is 58.6 Å². The van der Waals surface area contributed by atoms with Gasteiger partial charge < -0.3 is 15.0 Å². The summed E-state index contributed by atoms with van der Waals surface area (Å²) < 4.78 is 5.18. The van der Waals surface area contributed by atoms with Crippen LogP contribution in [0, 0.1) is 0 Å². The number of ether oxygens (including phenoxy) is 1. The standard InChI is InChI=1S/C22H26Cl2N2O3S/c1-4-25-22(28)15(2)26(12-16-5-9-19(29-3)10-6-16)21(27)14-30-13-17-7-8-18(23)11-20(17)24/h5-11,15H,4,12-14H2,1-3H3,(H,25,28)/t15-/m1/s1. The van der Waals surface area contributed by atoms with Gasteiger partial charge in [-0.3, -0.25) is 9.59 Å². The minimum atomic E-state index is -0.584. The normalized spacial score (nSPS) is 11.6. The summed E-state index contributed by atoms with van der Waals surface area (Å²) in [4.78, 5) is 27.0. The van der Waals surface area contributed by atoms with Gasteiger partial charge in [0, 0.05) is 28.9 Å². The highest BCUT2D eigenvalue weighted by molar-refractivity contribution is 7.99. The van der Waals surface area contributed by atoms with Gasteiger partial charge in [0.15, 0.2) is 0 Å². The lowest BCUT2D eigenvalue weighted by Gasteiger charge is -2.28. The van der Waals surface area contributed by atoms with Gasteiger partial charge in [-0.1, -0.05) is 41.4 Å². The molecule has 0 radical (unpaired) electrons. The summed E-state index contributed by atoms with van der Waals surface area (Å²) in [6.45, 7) is 4.44. The molecule has 8 heteroatoms. The lowest BCUT2D eigenvalue weighted by atomic mass is 10.1. The van der Waals surface area contributed by atoms with Crippen LogP contribution in [0.5, 0.6) is 5.75 Å². The molecule has 2 rings (SSSR count). The van der Waals surface area contributed by atoms with Crippen LogP contribution < -0.4 is 10.1 Å². The van der Waals surface area contributed by atoms with E-state index in [1.54, 1.807) is 31.1 Å². The minimum Gasteiger partial charge on any atom is -0.497 e. The molecule has 162 valence electrons. The molecule has 2 amide bonds. The van der Waals surface area contributed by atoms with Crippen LogP contribution in [0.4, 0.5) is 0 Å². The van der Waals surface area contributed by atoms with Crippen molar-refractivity contribution in [3.05, 3.63) is 63.6 Å². The molecule has 0 heterocycles. The first-order chi connectivity index (χ1) is 14.3. The van der Waals surface area contributed by atoms with Crippen molar-refractivity contribution in [1.29, 1.82) is 0 Å². The smallest absolute Gasteiger partial charge is 0.242 e. The molecule has 0 bridgehead atoms. The van der Waals surface area contributed by atoms with E-state index in [0.29, 0.717) is 28.9 Å². The molecule has 0 aliphatic heterocycles. The van der Waals surface area contributed by atoms with E-state index in [2.05, 4.69) is 5.32 Å². The van der Waals surface area contributed by atoms with Gasteiger partial charge >= 0.3 is 0 Å². The van der Waals surface area contributed by atoms with Crippen LogP contribution >= 0.6 is 35.0 Å². The van der Waals surface area contributed by atoms with Gasteiger partial charge in [-0.05, 0) is 49.2 Å². The highest BCUT2D eigenvalue weighted by Crippen LogP contribution is 2.25. The quantitative estimate of drug-likeness (QED) is 0.544. The molecular weight excluding hydrogens is 443 g/mol. The van der Waals surface area contributed by atoms with Crippen LogP contribution in [0.2, 0.25) is 10.0 Å². The highest BCUT2D eigenvalue weighted by atomic mass is 35.5. The lowest BCUT2D eigenvalue weighted by molar-refractivity contribution is -0.138. The number of carbonyl (C=O) groups excluding carboxylic acids is 2. The first-order valence-corrected chi connectivity index (χ1v) is 11.5. The van der Waals surface area contributed by atoms with E-state index in [1.807, 2.05) is 37.3 Å². The van der Waals surface area contributed by atoms with E-state index in [4.69, 9.17) is 27.9 Å². The molecule has 1 N–H and O–H groups in total. The number of amides is 2. The fourth-order valence-corrected chi connectivity index (χ4v) is 4.27. The molecule has 1 atom stereocenters. The third-order valence-electron chi connectivity index (χ3n) is 4.53. The third-order valence-corrected chi connectivity index (χ3v) is 6.08. The number of rotatable bonds is 10. The van der Waals surface area contributed by atoms with Gasteiger partial charge in [0.05, 0.1) is 12.9 Å². The molecule has 2 aromatic rings. The fourth-order valence-electron chi connectivity index (χ4n) is 2.80. The molecule has 0 spiro atoms. The molecule has 0 aliphatic carbocycles. The second-order valence-electron chi connectivity index (χ2n) is 6.67. The number of thioether (sulfide) groups is 1. The summed E-state index contributed by atoms with van der Waals surface area (Å²) in [6, 6.07) is 12.2. The van der Waals surface area contributed by atoms with Gasteiger partial charge in [0.1, 0.15) is 11.8 Å². The Bertz CT molecular complexity index is 862. The lowest BCUT2D eigenvalue weighted by Crippen LogP contribution is -2.48. The zero-order valence-electron chi connectivity index (χ0n) is 17.3. The van der Waals surface area contributed by atoms with E-state index < -0.39 is 6.04 Å². The van der Waals surface area contributed by atoms with Crippen molar-refractivity contribution < 1.29 is 14.3 Å². The van der Waals surface area contributed by atoms with Gasteiger partial charge in [-0.15, -0.1) is 11.8 Å². The molecule has 0 saturated heterocycles. The number of halogens is 2. The van der Waals surface area contributed by atoms with E-state index in [1.165, 1.54) is 11.8 Å². The molecule has 2 aromatic carbocycles. The van der Waals surface area contributed by atoms with Crippen molar-refractivity contribution in [3.63, 3.8) is 0 Å². The second kappa shape index (κ2) is 12.1. The number of methoxy groups -OCH3 is 1. The summed E-state index contributed by atoms with van der Waals surface area (Å²) in [5.74, 6) is 1.26. The fraction of sp³-hybridized carbons (Fsp3) is 0.364. The van der Waals surface area contributed by atoms with Crippen LogP contribution in [-0.4, -0.2) is 42.2 Å². The highest BCUT2D eigenvalue weighted by Gasteiger charge is 2.25. The maximum Gasteiger partial charge on any atom is 0.242 e. The van der Waals surface area contributed by atoms with Crippen LogP contribution in [0.1, 0.15) is 25.0 Å². The Kier molecular flexibility index (Phi) is 9.82. The molecular formula is C22H26Cl2N2O3S. The molecule has 0 aromatic heterocycles. The van der Waals surface area contributed by atoms with Gasteiger partial charge in [0.25, 0.3) is 0 Å². The van der Waals surface area contributed by atoms with Gasteiger partial charge in [-0.25, -0.2) is 0 Å². The largest absolute Gasteiger partial charge is 0.497 e. The Morgan fingerprint density at radius 1 is 1.17 bits per heavy atom. The molecule has 30 heavy (non-hydrogen) atoms. The first kappa shape index (κ1) is 24.4. The average molecular weight is 469 g/mol. The predicted octanol–water partition coefficient (Wildman–Crippen LogP) is 4.79. The zero-order valence-corrected chi connectivity index (χ0v) is 19.6. The molecule has 0 saturated carbocycles. The second-order valence-corrected chi connectivity index (χ2v) is 8.50. The van der Waals surface area contributed by atoms with Crippen molar-refractivity contribution in [3.8, 4) is 5.75 Å². The van der Waals surface area contributed by atoms with Crippen molar-refractivity contribution >= 4 is 46.8 Å².